The quantitative estimate of drug-likeness (QED) is 0.566. The lowest BCUT2D eigenvalue weighted by atomic mass is 10.1. The summed E-state index contributed by atoms with van der Waals surface area (Å²) >= 11 is 0. The summed E-state index contributed by atoms with van der Waals surface area (Å²) in [5, 5.41) is 18.5. The number of anilines is 1. The van der Waals surface area contributed by atoms with Gasteiger partial charge in [0.25, 0.3) is 0 Å². The molecule has 0 saturated heterocycles. The van der Waals surface area contributed by atoms with Crippen LogP contribution in [0.25, 0.3) is 0 Å². The maximum absolute atomic E-state index is 14.4. The average Bonchev–Trinajstić information content (AvgIpc) is 3.22. The van der Waals surface area contributed by atoms with Crippen LogP contribution in [0.2, 0.25) is 0 Å². The Morgan fingerprint density at radius 3 is 2.52 bits per heavy atom. The molecule has 0 amide bonds. The number of aromatic nitrogens is 3. The number of hydrogen-bond acceptors (Lipinski definition) is 5. The normalized spacial score (nSPS) is 10.4. The van der Waals surface area contributed by atoms with Crippen LogP contribution in [0.3, 0.4) is 0 Å². The van der Waals surface area contributed by atoms with Crippen LogP contribution >= 0.6 is 0 Å². The lowest BCUT2D eigenvalue weighted by molar-refractivity contribution is 0.294. The molecule has 6 nitrogen and oxygen atoms in total. The van der Waals surface area contributed by atoms with Gasteiger partial charge in [-0.2, -0.15) is 5.26 Å². The lowest BCUT2D eigenvalue weighted by Crippen LogP contribution is -2.27. The zero-order valence-electron chi connectivity index (χ0n) is 15.0. The van der Waals surface area contributed by atoms with Gasteiger partial charge in [-0.15, -0.1) is 10.2 Å². The molecule has 0 fully saturated rings. The standard InChI is InChI=1S/C20H20FN5O/c1-2-3-10-27-20-9-6-17(11-19(20)21)13-26(25-14-23-24-15-25)18-7-4-16(12-22)5-8-18/h4-9,11,14-15H,2-3,10,13H2,1H3. The molecule has 7 heteroatoms. The van der Waals surface area contributed by atoms with E-state index in [9.17, 15) is 4.39 Å². The number of halogens is 1. The van der Waals surface area contributed by atoms with Crippen molar-refractivity contribution in [2.24, 2.45) is 0 Å². The molecule has 0 atom stereocenters. The molecule has 0 aliphatic carbocycles. The molecule has 0 radical (unpaired) electrons. The Morgan fingerprint density at radius 2 is 1.89 bits per heavy atom. The highest BCUT2D eigenvalue weighted by Crippen LogP contribution is 2.23. The highest BCUT2D eigenvalue weighted by atomic mass is 19.1. The first-order valence-electron chi connectivity index (χ1n) is 8.75. The van der Waals surface area contributed by atoms with E-state index in [1.165, 1.54) is 6.07 Å². The van der Waals surface area contributed by atoms with Crippen molar-refractivity contribution in [2.45, 2.75) is 26.3 Å². The summed E-state index contributed by atoms with van der Waals surface area (Å²) in [4.78, 5) is 0. The van der Waals surface area contributed by atoms with Gasteiger partial charge < -0.3 is 4.74 Å². The zero-order valence-corrected chi connectivity index (χ0v) is 15.0. The molecule has 0 saturated carbocycles. The van der Waals surface area contributed by atoms with Crippen molar-refractivity contribution in [1.29, 1.82) is 5.26 Å². The molecule has 0 aliphatic rings. The second-order valence-corrected chi connectivity index (χ2v) is 6.03. The van der Waals surface area contributed by atoms with Crippen molar-refractivity contribution >= 4 is 5.69 Å². The molecule has 138 valence electrons. The third-order valence-corrected chi connectivity index (χ3v) is 4.06. The summed E-state index contributed by atoms with van der Waals surface area (Å²) in [6.07, 6.45) is 5.02. The molecule has 0 N–H and O–H groups in total. The van der Waals surface area contributed by atoms with Crippen molar-refractivity contribution in [3.05, 3.63) is 72.1 Å². The molecular formula is C20H20FN5O. The van der Waals surface area contributed by atoms with E-state index < -0.39 is 0 Å². The Bertz CT molecular complexity index is 903. The lowest BCUT2D eigenvalue weighted by Gasteiger charge is -2.25. The second-order valence-electron chi connectivity index (χ2n) is 6.03. The summed E-state index contributed by atoms with van der Waals surface area (Å²) in [7, 11) is 0. The summed E-state index contributed by atoms with van der Waals surface area (Å²) in [6.45, 7) is 2.96. The smallest absolute Gasteiger partial charge is 0.165 e. The number of hydrogen-bond donors (Lipinski definition) is 0. The van der Waals surface area contributed by atoms with E-state index in [0.717, 1.165) is 24.1 Å². The first kappa shape index (κ1) is 18.4. The number of benzene rings is 2. The van der Waals surface area contributed by atoms with E-state index in [-0.39, 0.29) is 11.6 Å². The third-order valence-electron chi connectivity index (χ3n) is 4.06. The van der Waals surface area contributed by atoms with E-state index >= 15 is 0 Å². The molecule has 3 rings (SSSR count). The van der Waals surface area contributed by atoms with Gasteiger partial charge in [0.2, 0.25) is 0 Å². The van der Waals surface area contributed by atoms with Crippen molar-refractivity contribution in [3.63, 3.8) is 0 Å². The summed E-state index contributed by atoms with van der Waals surface area (Å²) in [5.74, 6) is -0.117. The van der Waals surface area contributed by atoms with Gasteiger partial charge in [0, 0.05) is 0 Å². The largest absolute Gasteiger partial charge is 0.491 e. The highest BCUT2D eigenvalue weighted by Gasteiger charge is 2.12. The topological polar surface area (TPSA) is 67.0 Å². The first-order valence-corrected chi connectivity index (χ1v) is 8.75. The first-order chi connectivity index (χ1) is 13.2. The van der Waals surface area contributed by atoms with Crippen LogP contribution in [-0.2, 0) is 6.54 Å². The summed E-state index contributed by atoms with van der Waals surface area (Å²) < 4.78 is 21.5. The Hall–Kier alpha value is -3.40. The minimum atomic E-state index is -0.382. The fraction of sp³-hybridized carbons (Fsp3) is 0.250. The number of nitriles is 1. The third kappa shape index (κ3) is 4.61. The Balaban J connectivity index is 1.82. The van der Waals surface area contributed by atoms with Crippen LogP contribution in [0.15, 0.2) is 55.1 Å². The molecule has 1 heterocycles. The van der Waals surface area contributed by atoms with Crippen molar-refractivity contribution in [2.75, 3.05) is 11.6 Å². The number of nitrogens with zero attached hydrogens (tertiary/aromatic N) is 5. The van der Waals surface area contributed by atoms with Crippen molar-refractivity contribution in [3.8, 4) is 11.8 Å². The predicted molar refractivity (Wildman–Crippen MR) is 99.6 cm³/mol. The molecule has 0 spiro atoms. The molecule has 0 bridgehead atoms. The maximum Gasteiger partial charge on any atom is 0.165 e. The monoisotopic (exact) mass is 365 g/mol. The van der Waals surface area contributed by atoms with Crippen LogP contribution in [0.4, 0.5) is 10.1 Å². The Labute approximate surface area is 157 Å². The fourth-order valence-electron chi connectivity index (χ4n) is 2.59. The van der Waals surface area contributed by atoms with Crippen LogP contribution in [0.1, 0.15) is 30.9 Å². The van der Waals surface area contributed by atoms with E-state index in [1.807, 2.05) is 23.2 Å². The van der Waals surface area contributed by atoms with Crippen LogP contribution in [0.5, 0.6) is 5.75 Å². The predicted octanol–water partition coefficient (Wildman–Crippen LogP) is 3.94. The molecule has 2 aromatic carbocycles. The summed E-state index contributed by atoms with van der Waals surface area (Å²) in [5.41, 5.74) is 2.17. The highest BCUT2D eigenvalue weighted by molar-refractivity contribution is 5.50. The van der Waals surface area contributed by atoms with Crippen LogP contribution in [-0.4, -0.2) is 21.5 Å². The van der Waals surface area contributed by atoms with Crippen LogP contribution < -0.4 is 9.75 Å². The molecule has 27 heavy (non-hydrogen) atoms. The van der Waals surface area contributed by atoms with Gasteiger partial charge in [-0.05, 0) is 48.4 Å². The summed E-state index contributed by atoms with van der Waals surface area (Å²) in [6, 6.07) is 14.2. The van der Waals surface area contributed by atoms with Gasteiger partial charge in [-0.3, -0.25) is 5.01 Å². The minimum absolute atomic E-state index is 0.265. The molecule has 0 aliphatic heterocycles. The number of unbranched alkanes of at least 4 members (excludes halogenated alkanes) is 1. The number of ether oxygens (including phenoxy) is 1. The average molecular weight is 365 g/mol. The van der Waals surface area contributed by atoms with Crippen molar-refractivity contribution < 1.29 is 9.13 Å². The molecular weight excluding hydrogens is 345 g/mol. The SMILES string of the molecule is CCCCOc1ccc(CN(c2ccc(C#N)cc2)n2cnnc2)cc1F. The second kappa shape index (κ2) is 8.81. The van der Waals surface area contributed by atoms with Gasteiger partial charge in [0.15, 0.2) is 11.6 Å². The minimum Gasteiger partial charge on any atom is -0.491 e. The fourth-order valence-corrected chi connectivity index (χ4v) is 2.59. The van der Waals surface area contributed by atoms with E-state index in [2.05, 4.69) is 23.2 Å². The van der Waals surface area contributed by atoms with E-state index in [4.69, 9.17) is 10.00 Å². The maximum atomic E-state index is 14.4. The van der Waals surface area contributed by atoms with Gasteiger partial charge in [0.1, 0.15) is 12.7 Å². The Morgan fingerprint density at radius 1 is 1.15 bits per heavy atom. The van der Waals surface area contributed by atoms with Crippen LogP contribution in [0, 0.1) is 17.1 Å². The van der Waals surface area contributed by atoms with Gasteiger partial charge in [0.05, 0.1) is 30.5 Å². The Kier molecular flexibility index (Phi) is 6.00. The molecule has 0 unspecified atom stereocenters. The van der Waals surface area contributed by atoms with Gasteiger partial charge >= 0.3 is 0 Å². The van der Waals surface area contributed by atoms with Gasteiger partial charge in [-0.25, -0.2) is 9.07 Å². The molecule has 1 aromatic heterocycles. The number of rotatable bonds is 8. The van der Waals surface area contributed by atoms with E-state index in [0.29, 0.717) is 18.7 Å². The molecule has 3 aromatic rings. The van der Waals surface area contributed by atoms with Gasteiger partial charge in [-0.1, -0.05) is 19.4 Å². The zero-order chi connectivity index (χ0) is 19.1. The van der Waals surface area contributed by atoms with E-state index in [1.54, 1.807) is 35.5 Å². The van der Waals surface area contributed by atoms with Crippen molar-refractivity contribution in [1.82, 2.24) is 14.9 Å².